The molecule has 0 radical (unpaired) electrons. The van der Waals surface area contributed by atoms with Crippen LogP contribution in [0.4, 0.5) is 0 Å². The Labute approximate surface area is 97.2 Å². The average Bonchev–Trinajstić information content (AvgIpc) is 2.44. The molecule has 4 rings (SSSR count). The van der Waals surface area contributed by atoms with Crippen molar-refractivity contribution in [3.8, 4) is 0 Å². The van der Waals surface area contributed by atoms with E-state index in [0.29, 0.717) is 12.5 Å². The van der Waals surface area contributed by atoms with E-state index in [0.717, 1.165) is 39.3 Å². The molecule has 3 atom stereocenters. The van der Waals surface area contributed by atoms with Crippen LogP contribution >= 0.6 is 0 Å². The number of methoxy groups -OCH3 is 1. The molecule has 0 aliphatic carbocycles. The quantitative estimate of drug-likeness (QED) is 0.697. The molecule has 4 aliphatic heterocycles. The van der Waals surface area contributed by atoms with E-state index in [1.54, 1.807) is 7.11 Å². The molecule has 2 unspecified atom stereocenters. The van der Waals surface area contributed by atoms with E-state index in [2.05, 4.69) is 16.7 Å². The third-order valence-corrected chi connectivity index (χ3v) is 4.92. The lowest BCUT2D eigenvalue weighted by molar-refractivity contribution is -0.213. The Morgan fingerprint density at radius 3 is 2.25 bits per heavy atom. The Kier molecular flexibility index (Phi) is 2.34. The fraction of sp³-hybridized carbons (Fsp3) is 1.00. The second-order valence-electron chi connectivity index (χ2n) is 6.09. The molecule has 4 aliphatic rings. The van der Waals surface area contributed by atoms with Gasteiger partial charge in [-0.25, -0.2) is 0 Å². The van der Waals surface area contributed by atoms with Gasteiger partial charge < -0.3 is 19.6 Å². The Bertz CT molecular complexity index is 281. The first-order valence-electron chi connectivity index (χ1n) is 6.23. The summed E-state index contributed by atoms with van der Waals surface area (Å²) >= 11 is 0. The minimum absolute atomic E-state index is 0.0271. The molecule has 0 aromatic heterocycles. The van der Waals surface area contributed by atoms with Gasteiger partial charge in [0.15, 0.2) is 0 Å². The Balaban J connectivity index is 1.97. The molecule has 4 nitrogen and oxygen atoms in total. The van der Waals surface area contributed by atoms with Crippen molar-refractivity contribution >= 4 is 0 Å². The normalized spacial score (nSPS) is 55.3. The van der Waals surface area contributed by atoms with Gasteiger partial charge in [-0.2, -0.15) is 0 Å². The van der Waals surface area contributed by atoms with Crippen LogP contribution in [-0.2, 0) is 4.74 Å². The van der Waals surface area contributed by atoms with Crippen molar-refractivity contribution in [1.82, 2.24) is 9.80 Å². The van der Waals surface area contributed by atoms with E-state index in [9.17, 15) is 5.11 Å². The highest BCUT2D eigenvalue weighted by molar-refractivity contribution is 5.12. The van der Waals surface area contributed by atoms with Crippen LogP contribution in [0.15, 0.2) is 0 Å². The lowest BCUT2D eigenvalue weighted by Gasteiger charge is -2.59. The second kappa shape index (κ2) is 3.42. The molecular weight excluding hydrogens is 204 g/mol. The topological polar surface area (TPSA) is 35.9 Å². The van der Waals surface area contributed by atoms with E-state index in [-0.39, 0.29) is 5.41 Å². The van der Waals surface area contributed by atoms with Crippen molar-refractivity contribution in [1.29, 1.82) is 0 Å². The van der Waals surface area contributed by atoms with Gasteiger partial charge in [0.1, 0.15) is 5.60 Å². The van der Waals surface area contributed by atoms with E-state index in [1.165, 1.54) is 0 Å². The van der Waals surface area contributed by atoms with Crippen LogP contribution in [0.25, 0.3) is 0 Å². The summed E-state index contributed by atoms with van der Waals surface area (Å²) in [6.45, 7) is 9.13. The minimum atomic E-state index is -0.626. The van der Waals surface area contributed by atoms with E-state index in [1.807, 2.05) is 0 Å². The third kappa shape index (κ3) is 1.30. The summed E-state index contributed by atoms with van der Waals surface area (Å²) in [4.78, 5) is 5.03. The maximum atomic E-state index is 11.0. The number of rotatable bonds is 2. The number of hydrogen-bond acceptors (Lipinski definition) is 4. The van der Waals surface area contributed by atoms with Gasteiger partial charge in [-0.15, -0.1) is 0 Å². The van der Waals surface area contributed by atoms with Gasteiger partial charge in [0, 0.05) is 57.7 Å². The lowest BCUT2D eigenvalue weighted by atomic mass is 9.61. The summed E-state index contributed by atoms with van der Waals surface area (Å²) in [7, 11) is 1.70. The largest absolute Gasteiger partial charge is 0.386 e. The van der Waals surface area contributed by atoms with Crippen molar-refractivity contribution in [2.75, 3.05) is 53.0 Å². The van der Waals surface area contributed by atoms with Crippen LogP contribution in [-0.4, -0.2) is 73.5 Å². The zero-order chi connectivity index (χ0) is 11.4. The molecule has 0 spiro atoms. The molecule has 0 amide bonds. The second-order valence-corrected chi connectivity index (χ2v) is 6.09. The predicted octanol–water partition coefficient (Wildman–Crippen LogP) is -0.369. The maximum Gasteiger partial charge on any atom is 0.101 e. The fourth-order valence-electron chi connectivity index (χ4n) is 4.05. The summed E-state index contributed by atoms with van der Waals surface area (Å²) in [5.74, 6) is 0.349. The summed E-state index contributed by atoms with van der Waals surface area (Å²) in [6, 6.07) is 0. The predicted molar refractivity (Wildman–Crippen MR) is 61.3 cm³/mol. The SMILES string of the molecule is COC[C@]1(O)C2CN3CCN(C2)CC1(C)C3. The fourth-order valence-corrected chi connectivity index (χ4v) is 4.05. The zero-order valence-electron chi connectivity index (χ0n) is 10.3. The van der Waals surface area contributed by atoms with Gasteiger partial charge in [-0.05, 0) is 0 Å². The summed E-state index contributed by atoms with van der Waals surface area (Å²) in [6.07, 6.45) is 0. The van der Waals surface area contributed by atoms with Crippen molar-refractivity contribution in [3.05, 3.63) is 0 Å². The Hall–Kier alpha value is -0.160. The Morgan fingerprint density at radius 1 is 1.25 bits per heavy atom. The Morgan fingerprint density at radius 2 is 1.81 bits per heavy atom. The van der Waals surface area contributed by atoms with Crippen LogP contribution in [0.3, 0.4) is 0 Å². The van der Waals surface area contributed by atoms with Gasteiger partial charge in [0.05, 0.1) is 6.61 Å². The maximum absolute atomic E-state index is 11.0. The molecule has 0 aromatic carbocycles. The zero-order valence-corrected chi connectivity index (χ0v) is 10.3. The van der Waals surface area contributed by atoms with Gasteiger partial charge in [0.2, 0.25) is 0 Å². The highest BCUT2D eigenvalue weighted by Crippen LogP contribution is 2.47. The number of nitrogens with zero attached hydrogens (tertiary/aromatic N) is 2. The van der Waals surface area contributed by atoms with E-state index >= 15 is 0 Å². The third-order valence-electron chi connectivity index (χ3n) is 4.92. The van der Waals surface area contributed by atoms with Crippen molar-refractivity contribution in [2.24, 2.45) is 11.3 Å². The standard InChI is InChI=1S/C12H22N2O2/c1-11-7-13-3-4-14(8-11)6-10(5-13)12(11,15)9-16-2/h10,15H,3-9H2,1-2H3/t10?,11?,12-/m0/s1. The molecule has 4 heterocycles. The van der Waals surface area contributed by atoms with Crippen LogP contribution in [0.5, 0.6) is 0 Å². The van der Waals surface area contributed by atoms with Crippen LogP contribution in [0.2, 0.25) is 0 Å². The molecule has 4 fully saturated rings. The number of fused-ring (bicyclic) bond motifs is 1. The molecule has 0 aromatic rings. The van der Waals surface area contributed by atoms with Gasteiger partial charge in [-0.1, -0.05) is 6.92 Å². The molecule has 1 N–H and O–H groups in total. The number of aliphatic hydroxyl groups is 1. The summed E-state index contributed by atoms with van der Waals surface area (Å²) in [5, 5.41) is 11.0. The molecule has 16 heavy (non-hydrogen) atoms. The molecule has 4 saturated heterocycles. The van der Waals surface area contributed by atoms with Crippen molar-refractivity contribution < 1.29 is 9.84 Å². The first kappa shape index (κ1) is 11.0. The minimum Gasteiger partial charge on any atom is -0.386 e. The number of ether oxygens (including phenoxy) is 1. The van der Waals surface area contributed by atoms with Crippen molar-refractivity contribution in [3.63, 3.8) is 0 Å². The molecule has 92 valence electrons. The molecule has 4 heteroatoms. The van der Waals surface area contributed by atoms with Gasteiger partial charge >= 0.3 is 0 Å². The smallest absolute Gasteiger partial charge is 0.101 e. The van der Waals surface area contributed by atoms with Crippen LogP contribution in [0, 0.1) is 11.3 Å². The highest BCUT2D eigenvalue weighted by atomic mass is 16.5. The van der Waals surface area contributed by atoms with Gasteiger partial charge in [-0.3, -0.25) is 0 Å². The van der Waals surface area contributed by atoms with E-state index in [4.69, 9.17) is 4.74 Å². The first-order chi connectivity index (χ1) is 7.57. The summed E-state index contributed by atoms with van der Waals surface area (Å²) < 4.78 is 5.29. The average molecular weight is 226 g/mol. The summed E-state index contributed by atoms with van der Waals surface area (Å²) in [5.41, 5.74) is -0.653. The monoisotopic (exact) mass is 226 g/mol. The first-order valence-corrected chi connectivity index (χ1v) is 6.23. The van der Waals surface area contributed by atoms with Crippen LogP contribution < -0.4 is 0 Å². The molecule has 0 saturated carbocycles. The molecule has 4 bridgehead atoms. The number of piperidine rings is 2. The van der Waals surface area contributed by atoms with E-state index < -0.39 is 5.60 Å². The van der Waals surface area contributed by atoms with Crippen LogP contribution in [0.1, 0.15) is 6.92 Å². The van der Waals surface area contributed by atoms with Crippen molar-refractivity contribution in [2.45, 2.75) is 12.5 Å². The highest BCUT2D eigenvalue weighted by Gasteiger charge is 2.60. The van der Waals surface area contributed by atoms with Gasteiger partial charge in [0.25, 0.3) is 0 Å². The lowest BCUT2D eigenvalue weighted by Crippen LogP contribution is -2.71. The molecular formula is C12H22N2O2. The number of hydrogen-bond donors (Lipinski definition) is 1.